The molecule has 6 nitrogen and oxygen atoms in total. The van der Waals surface area contributed by atoms with Crippen molar-refractivity contribution in [2.45, 2.75) is 19.1 Å². The van der Waals surface area contributed by atoms with Gasteiger partial charge in [-0.15, -0.1) is 12.4 Å². The number of esters is 1. The summed E-state index contributed by atoms with van der Waals surface area (Å²) in [6.45, 7) is 1.48. The molecule has 0 bridgehead atoms. The molecule has 2 atom stereocenters. The number of ether oxygens (including phenoxy) is 1. The van der Waals surface area contributed by atoms with E-state index in [1.54, 1.807) is 0 Å². The molecule has 1 unspecified atom stereocenters. The van der Waals surface area contributed by atoms with Crippen LogP contribution in [0.15, 0.2) is 18.2 Å². The lowest BCUT2D eigenvalue weighted by atomic mass is 10.0. The summed E-state index contributed by atoms with van der Waals surface area (Å²) in [6.07, 6.45) is -2.18. The first-order valence-electron chi connectivity index (χ1n) is 5.38. The van der Waals surface area contributed by atoms with Crippen LogP contribution in [0.25, 0.3) is 0 Å². The first kappa shape index (κ1) is 18.2. The fraction of sp³-hybridized carbons (Fsp3) is 0.364. The third-order valence-corrected chi connectivity index (χ3v) is 2.38. The van der Waals surface area contributed by atoms with Crippen LogP contribution in [-0.2, 0) is 9.53 Å². The van der Waals surface area contributed by atoms with Crippen LogP contribution in [0.4, 0.5) is 14.5 Å². The number of hydrogen-bond acceptors (Lipinski definition) is 5. The topological polar surface area (TPSA) is 95.5 Å². The predicted octanol–water partition coefficient (Wildman–Crippen LogP) is 2.06. The maximum Gasteiger partial charge on any atom is 0.342 e. The summed E-state index contributed by atoms with van der Waals surface area (Å²) >= 11 is 0. The molecule has 2 N–H and O–H groups in total. The summed E-state index contributed by atoms with van der Waals surface area (Å²) in [4.78, 5) is 20.7. The molecule has 1 aromatic rings. The average molecular weight is 311 g/mol. The molecule has 0 aliphatic heterocycles. The zero-order valence-electron chi connectivity index (χ0n) is 10.4. The zero-order valence-corrected chi connectivity index (χ0v) is 11.2. The standard InChI is InChI=1S/C11H12F2N2O4.ClH/c1-2-19-11(16)9(13)10(14)6-3-4-7(12)8(5-6)15(17)18;/h3-5,9-10H,2,14H2,1H3;1H/t9?,10-;/m0./s1. The second kappa shape index (κ2) is 7.71. The van der Waals surface area contributed by atoms with E-state index >= 15 is 0 Å². The molecule has 0 radical (unpaired) electrons. The number of carbonyl (C=O) groups excluding carboxylic acids is 1. The molecule has 20 heavy (non-hydrogen) atoms. The van der Waals surface area contributed by atoms with Gasteiger partial charge in [-0.25, -0.2) is 9.18 Å². The number of alkyl halides is 1. The third-order valence-electron chi connectivity index (χ3n) is 2.38. The second-order valence-corrected chi connectivity index (χ2v) is 3.65. The highest BCUT2D eigenvalue weighted by Crippen LogP contribution is 2.24. The van der Waals surface area contributed by atoms with Crippen LogP contribution in [0.3, 0.4) is 0 Å². The molecule has 0 fully saturated rings. The van der Waals surface area contributed by atoms with Crippen LogP contribution in [-0.4, -0.2) is 23.7 Å². The van der Waals surface area contributed by atoms with Gasteiger partial charge in [-0.05, 0) is 18.6 Å². The van der Waals surface area contributed by atoms with Gasteiger partial charge in [0.2, 0.25) is 12.0 Å². The van der Waals surface area contributed by atoms with E-state index in [1.165, 1.54) is 6.92 Å². The van der Waals surface area contributed by atoms with Crippen molar-refractivity contribution in [3.05, 3.63) is 39.7 Å². The minimum absolute atomic E-state index is 0. The minimum Gasteiger partial charge on any atom is -0.464 e. The molecule has 0 aliphatic rings. The maximum atomic E-state index is 13.6. The highest BCUT2D eigenvalue weighted by atomic mass is 35.5. The van der Waals surface area contributed by atoms with E-state index in [1.807, 2.05) is 0 Å². The molecule has 1 aromatic carbocycles. The average Bonchev–Trinajstić information content (AvgIpc) is 2.37. The third kappa shape index (κ3) is 4.10. The number of nitro benzene ring substituents is 1. The Bertz CT molecular complexity index is 501. The normalized spacial score (nSPS) is 13.0. The van der Waals surface area contributed by atoms with Crippen molar-refractivity contribution in [2.24, 2.45) is 5.73 Å². The molecular formula is C11H13ClF2N2O4. The summed E-state index contributed by atoms with van der Waals surface area (Å²) in [6, 6.07) is 1.22. The monoisotopic (exact) mass is 310 g/mol. The minimum atomic E-state index is -2.18. The Labute approximate surface area is 119 Å². The Morgan fingerprint density at radius 1 is 1.55 bits per heavy atom. The van der Waals surface area contributed by atoms with Crippen molar-refractivity contribution in [1.29, 1.82) is 0 Å². The largest absolute Gasteiger partial charge is 0.464 e. The Balaban J connectivity index is 0.00000361. The van der Waals surface area contributed by atoms with Crippen molar-refractivity contribution in [1.82, 2.24) is 0 Å². The van der Waals surface area contributed by atoms with Crippen LogP contribution in [0.1, 0.15) is 18.5 Å². The van der Waals surface area contributed by atoms with E-state index in [9.17, 15) is 23.7 Å². The molecule has 0 heterocycles. The molecule has 0 aromatic heterocycles. The first-order chi connectivity index (χ1) is 8.88. The van der Waals surface area contributed by atoms with Crippen LogP contribution in [0.2, 0.25) is 0 Å². The van der Waals surface area contributed by atoms with E-state index in [4.69, 9.17) is 5.73 Å². The Morgan fingerprint density at radius 2 is 2.15 bits per heavy atom. The fourth-order valence-corrected chi connectivity index (χ4v) is 1.41. The summed E-state index contributed by atoms with van der Waals surface area (Å²) in [5.74, 6) is -2.23. The maximum absolute atomic E-state index is 13.6. The summed E-state index contributed by atoms with van der Waals surface area (Å²) < 4.78 is 31.2. The van der Waals surface area contributed by atoms with E-state index in [0.29, 0.717) is 0 Å². The lowest BCUT2D eigenvalue weighted by molar-refractivity contribution is -0.387. The van der Waals surface area contributed by atoms with Gasteiger partial charge in [-0.1, -0.05) is 6.07 Å². The van der Waals surface area contributed by atoms with Crippen LogP contribution in [0.5, 0.6) is 0 Å². The van der Waals surface area contributed by atoms with Gasteiger partial charge in [0.05, 0.1) is 17.6 Å². The summed E-state index contributed by atoms with van der Waals surface area (Å²) in [7, 11) is 0. The SMILES string of the molecule is CCOC(=O)C(F)[C@@H](N)c1ccc(F)c([N+](=O)[O-])c1.Cl. The molecule has 0 saturated carbocycles. The molecule has 0 amide bonds. The fourth-order valence-electron chi connectivity index (χ4n) is 1.41. The van der Waals surface area contributed by atoms with Crippen molar-refractivity contribution in [3.8, 4) is 0 Å². The quantitative estimate of drug-likeness (QED) is 0.510. The van der Waals surface area contributed by atoms with Crippen molar-refractivity contribution in [2.75, 3.05) is 6.61 Å². The number of rotatable bonds is 5. The number of nitrogens with two attached hydrogens (primary N) is 1. The number of nitro groups is 1. The number of carbonyl (C=O) groups is 1. The lowest BCUT2D eigenvalue weighted by Crippen LogP contribution is -2.31. The Kier molecular flexibility index (Phi) is 7.01. The second-order valence-electron chi connectivity index (χ2n) is 3.65. The van der Waals surface area contributed by atoms with Gasteiger partial charge in [0.25, 0.3) is 0 Å². The molecule has 0 spiro atoms. The Hall–Kier alpha value is -1.80. The van der Waals surface area contributed by atoms with E-state index in [2.05, 4.69) is 4.74 Å². The molecule has 0 aliphatic carbocycles. The van der Waals surface area contributed by atoms with Crippen molar-refractivity contribution < 1.29 is 23.2 Å². The smallest absolute Gasteiger partial charge is 0.342 e. The molecule has 0 saturated heterocycles. The summed E-state index contributed by atoms with van der Waals surface area (Å²) in [5.41, 5.74) is 4.58. The van der Waals surface area contributed by atoms with E-state index in [0.717, 1.165) is 18.2 Å². The zero-order chi connectivity index (χ0) is 14.6. The van der Waals surface area contributed by atoms with E-state index in [-0.39, 0.29) is 24.6 Å². The van der Waals surface area contributed by atoms with Crippen LogP contribution in [0, 0.1) is 15.9 Å². The number of halogens is 3. The van der Waals surface area contributed by atoms with Gasteiger partial charge in [0.1, 0.15) is 0 Å². The van der Waals surface area contributed by atoms with E-state index < -0.39 is 34.6 Å². The highest BCUT2D eigenvalue weighted by Gasteiger charge is 2.29. The highest BCUT2D eigenvalue weighted by molar-refractivity contribution is 5.85. The molecule has 9 heteroatoms. The first-order valence-corrected chi connectivity index (χ1v) is 5.38. The number of hydrogen-bond donors (Lipinski definition) is 1. The molecule has 112 valence electrons. The van der Waals surface area contributed by atoms with Gasteiger partial charge < -0.3 is 10.5 Å². The van der Waals surface area contributed by atoms with Gasteiger partial charge in [-0.2, -0.15) is 4.39 Å². The van der Waals surface area contributed by atoms with Crippen molar-refractivity contribution in [3.63, 3.8) is 0 Å². The molecular weight excluding hydrogens is 298 g/mol. The van der Waals surface area contributed by atoms with Crippen LogP contribution < -0.4 is 5.73 Å². The van der Waals surface area contributed by atoms with Crippen LogP contribution >= 0.6 is 12.4 Å². The lowest BCUT2D eigenvalue weighted by Gasteiger charge is -2.15. The van der Waals surface area contributed by atoms with Gasteiger partial charge >= 0.3 is 11.7 Å². The molecule has 1 rings (SSSR count). The number of nitrogens with zero attached hydrogens (tertiary/aromatic N) is 1. The van der Waals surface area contributed by atoms with Gasteiger partial charge in [0, 0.05) is 6.07 Å². The number of benzene rings is 1. The van der Waals surface area contributed by atoms with Gasteiger partial charge in [-0.3, -0.25) is 10.1 Å². The Morgan fingerprint density at radius 3 is 2.65 bits per heavy atom. The van der Waals surface area contributed by atoms with Crippen molar-refractivity contribution >= 4 is 24.1 Å². The van der Waals surface area contributed by atoms with Gasteiger partial charge in [0.15, 0.2) is 0 Å². The predicted molar refractivity (Wildman–Crippen MR) is 68.8 cm³/mol. The summed E-state index contributed by atoms with van der Waals surface area (Å²) in [5, 5.41) is 10.5.